The van der Waals surface area contributed by atoms with Crippen LogP contribution in [0.3, 0.4) is 0 Å². The minimum atomic E-state index is -0.115. The summed E-state index contributed by atoms with van der Waals surface area (Å²) in [6, 6.07) is 12.3. The third kappa shape index (κ3) is 3.84. The highest BCUT2D eigenvalue weighted by Gasteiger charge is 2.20. The van der Waals surface area contributed by atoms with E-state index >= 15 is 0 Å². The highest BCUT2D eigenvalue weighted by molar-refractivity contribution is 9.11. The Morgan fingerprint density at radius 2 is 1.70 bits per heavy atom. The molecule has 1 aromatic carbocycles. The van der Waals surface area contributed by atoms with E-state index in [9.17, 15) is 0 Å². The Kier molecular flexibility index (Phi) is 5.24. The molecule has 0 saturated carbocycles. The maximum absolute atomic E-state index is 6.07. The summed E-state index contributed by atoms with van der Waals surface area (Å²) in [5, 5.41) is 0. The van der Waals surface area contributed by atoms with Gasteiger partial charge in [0.05, 0.1) is 3.79 Å². The first-order chi connectivity index (χ1) is 9.47. The molecular weight excluding hydrogens is 334 g/mol. The van der Waals surface area contributed by atoms with E-state index in [-0.39, 0.29) is 12.1 Å². The van der Waals surface area contributed by atoms with E-state index in [0.717, 1.165) is 14.4 Å². The highest BCUT2D eigenvalue weighted by atomic mass is 79.9. The average molecular weight is 354 g/mol. The molecule has 1 heterocycles. The summed E-state index contributed by atoms with van der Waals surface area (Å²) in [4.78, 5) is 1.14. The molecule has 108 valence electrons. The predicted molar refractivity (Wildman–Crippen MR) is 89.6 cm³/mol. The third-order valence-electron chi connectivity index (χ3n) is 3.16. The molecule has 20 heavy (non-hydrogen) atoms. The van der Waals surface area contributed by atoms with Crippen molar-refractivity contribution in [3.63, 3.8) is 0 Å². The number of nitrogens with two attached hydrogens (primary N) is 1. The van der Waals surface area contributed by atoms with Crippen molar-refractivity contribution in [2.24, 2.45) is 5.73 Å². The second kappa shape index (κ2) is 6.74. The van der Waals surface area contributed by atoms with E-state index in [1.54, 1.807) is 11.3 Å². The van der Waals surface area contributed by atoms with E-state index in [1.807, 2.05) is 25.1 Å². The van der Waals surface area contributed by atoms with Gasteiger partial charge in [-0.15, -0.1) is 11.3 Å². The van der Waals surface area contributed by atoms with E-state index in [4.69, 9.17) is 10.5 Å². The monoisotopic (exact) mass is 353 g/mol. The van der Waals surface area contributed by atoms with E-state index in [1.165, 1.54) is 5.56 Å². The summed E-state index contributed by atoms with van der Waals surface area (Å²) < 4.78 is 7.17. The van der Waals surface area contributed by atoms with Gasteiger partial charge in [-0.3, -0.25) is 0 Å². The van der Waals surface area contributed by atoms with Crippen molar-refractivity contribution in [2.75, 3.05) is 0 Å². The van der Waals surface area contributed by atoms with Crippen LogP contribution in [0.5, 0.6) is 5.75 Å². The quantitative estimate of drug-likeness (QED) is 0.811. The van der Waals surface area contributed by atoms with Gasteiger partial charge < -0.3 is 10.5 Å². The van der Waals surface area contributed by atoms with Crippen molar-refractivity contribution in [1.29, 1.82) is 0 Å². The van der Waals surface area contributed by atoms with Crippen molar-refractivity contribution >= 4 is 27.3 Å². The summed E-state index contributed by atoms with van der Waals surface area (Å²) in [6.45, 7) is 6.34. The molecule has 2 rings (SSSR count). The van der Waals surface area contributed by atoms with Gasteiger partial charge in [-0.1, -0.05) is 26.0 Å². The second-order valence-electron chi connectivity index (χ2n) is 5.26. The van der Waals surface area contributed by atoms with Crippen LogP contribution in [0.1, 0.15) is 43.2 Å². The number of thiophene rings is 1. The molecule has 0 aliphatic carbocycles. The fourth-order valence-electron chi connectivity index (χ4n) is 1.98. The van der Waals surface area contributed by atoms with E-state index in [2.05, 4.69) is 48.0 Å². The summed E-state index contributed by atoms with van der Waals surface area (Å²) in [6.07, 6.45) is -0.115. The lowest BCUT2D eigenvalue weighted by molar-refractivity contribution is 0.184. The van der Waals surface area contributed by atoms with Crippen molar-refractivity contribution in [3.8, 4) is 5.75 Å². The first-order valence-corrected chi connectivity index (χ1v) is 8.35. The molecule has 0 bridgehead atoms. The van der Waals surface area contributed by atoms with Crippen molar-refractivity contribution in [1.82, 2.24) is 0 Å². The maximum Gasteiger partial charge on any atom is 0.148 e. The molecule has 0 spiro atoms. The summed E-state index contributed by atoms with van der Waals surface area (Å²) in [5.74, 6) is 1.39. The molecule has 2 nitrogen and oxygen atoms in total. The normalized spacial score (nSPS) is 14.3. The number of hydrogen-bond donors (Lipinski definition) is 1. The fraction of sp³-hybridized carbons (Fsp3) is 0.375. The standard InChI is InChI=1S/C16H20BrNOS/c1-10(2)12-4-6-13(7-5-12)19-16(11(3)18)14-8-9-15(17)20-14/h4-11,16H,18H2,1-3H3. The summed E-state index contributed by atoms with van der Waals surface area (Å²) >= 11 is 5.15. The Morgan fingerprint density at radius 3 is 2.15 bits per heavy atom. The third-order valence-corrected chi connectivity index (χ3v) is 4.85. The first-order valence-electron chi connectivity index (χ1n) is 6.75. The van der Waals surface area contributed by atoms with Gasteiger partial charge in [0, 0.05) is 10.9 Å². The van der Waals surface area contributed by atoms with E-state index < -0.39 is 0 Å². The van der Waals surface area contributed by atoms with Gasteiger partial charge in [0.2, 0.25) is 0 Å². The van der Waals surface area contributed by atoms with Crippen LogP contribution in [0, 0.1) is 0 Å². The molecule has 0 aliphatic heterocycles. The minimum Gasteiger partial charge on any atom is -0.483 e. The molecular formula is C16H20BrNOS. The molecule has 2 unspecified atom stereocenters. The molecule has 0 aliphatic rings. The second-order valence-corrected chi connectivity index (χ2v) is 7.76. The molecule has 1 aromatic heterocycles. The van der Waals surface area contributed by atoms with Crippen LogP contribution in [-0.2, 0) is 0 Å². The number of halogens is 1. The van der Waals surface area contributed by atoms with E-state index in [0.29, 0.717) is 5.92 Å². The van der Waals surface area contributed by atoms with Gasteiger partial charge in [0.25, 0.3) is 0 Å². The van der Waals surface area contributed by atoms with Gasteiger partial charge >= 0.3 is 0 Å². The zero-order valence-electron chi connectivity index (χ0n) is 12.0. The number of rotatable bonds is 5. The van der Waals surface area contributed by atoms with Gasteiger partial charge in [0.15, 0.2) is 0 Å². The zero-order chi connectivity index (χ0) is 14.7. The zero-order valence-corrected chi connectivity index (χ0v) is 14.4. The van der Waals surface area contributed by atoms with Gasteiger partial charge in [-0.25, -0.2) is 0 Å². The Balaban J connectivity index is 2.16. The Bertz CT molecular complexity index is 548. The molecule has 0 amide bonds. The molecule has 4 heteroatoms. The van der Waals surface area contributed by atoms with Crippen molar-refractivity contribution in [2.45, 2.75) is 38.8 Å². The molecule has 2 atom stereocenters. The van der Waals surface area contributed by atoms with Crippen LogP contribution in [0.2, 0.25) is 0 Å². The topological polar surface area (TPSA) is 35.2 Å². The lowest BCUT2D eigenvalue weighted by Crippen LogP contribution is -2.28. The Morgan fingerprint density at radius 1 is 1.05 bits per heavy atom. The molecule has 0 fully saturated rings. The highest BCUT2D eigenvalue weighted by Crippen LogP contribution is 2.32. The number of ether oxygens (including phenoxy) is 1. The molecule has 0 radical (unpaired) electrons. The van der Waals surface area contributed by atoms with Crippen LogP contribution >= 0.6 is 27.3 Å². The SMILES string of the molecule is CC(C)c1ccc(OC(c2ccc(Br)s2)C(C)N)cc1. The van der Waals surface area contributed by atoms with Crippen LogP contribution in [0.4, 0.5) is 0 Å². The molecule has 2 N–H and O–H groups in total. The van der Waals surface area contributed by atoms with Gasteiger partial charge in [0.1, 0.15) is 11.9 Å². The van der Waals surface area contributed by atoms with Crippen molar-refractivity contribution < 1.29 is 4.74 Å². The smallest absolute Gasteiger partial charge is 0.148 e. The Labute approximate surface area is 133 Å². The van der Waals surface area contributed by atoms with Crippen LogP contribution in [0.15, 0.2) is 40.2 Å². The molecule has 0 saturated heterocycles. The lowest BCUT2D eigenvalue weighted by atomic mass is 10.0. The largest absolute Gasteiger partial charge is 0.483 e. The first kappa shape index (κ1) is 15.5. The number of hydrogen-bond acceptors (Lipinski definition) is 3. The summed E-state index contributed by atoms with van der Waals surface area (Å²) in [5.41, 5.74) is 7.38. The maximum atomic E-state index is 6.07. The number of benzene rings is 1. The molecule has 2 aromatic rings. The fourth-order valence-corrected chi connectivity index (χ4v) is 3.55. The average Bonchev–Trinajstić information content (AvgIpc) is 2.82. The van der Waals surface area contributed by atoms with Crippen LogP contribution < -0.4 is 10.5 Å². The van der Waals surface area contributed by atoms with Gasteiger partial charge in [-0.2, -0.15) is 0 Å². The summed E-state index contributed by atoms with van der Waals surface area (Å²) in [7, 11) is 0. The minimum absolute atomic E-state index is 0.0645. The van der Waals surface area contributed by atoms with Crippen LogP contribution in [0.25, 0.3) is 0 Å². The predicted octanol–water partition coefficient (Wildman–Crippen LogP) is 5.10. The van der Waals surface area contributed by atoms with Crippen LogP contribution in [-0.4, -0.2) is 6.04 Å². The lowest BCUT2D eigenvalue weighted by Gasteiger charge is -2.21. The Hall–Kier alpha value is -0.840. The van der Waals surface area contributed by atoms with Gasteiger partial charge in [-0.05, 0) is 58.6 Å². The van der Waals surface area contributed by atoms with Crippen molar-refractivity contribution in [3.05, 3.63) is 50.6 Å².